The van der Waals surface area contributed by atoms with Crippen LogP contribution in [-0.2, 0) is 9.53 Å². The summed E-state index contributed by atoms with van der Waals surface area (Å²) in [5, 5.41) is 2.99. The summed E-state index contributed by atoms with van der Waals surface area (Å²) in [7, 11) is 1.41. The Morgan fingerprint density at radius 2 is 2.00 bits per heavy atom. The Bertz CT molecular complexity index is 482. The zero-order chi connectivity index (χ0) is 14.5. The molecule has 1 saturated carbocycles. The lowest BCUT2D eigenvalue weighted by Crippen LogP contribution is -2.38. The molecule has 0 radical (unpaired) electrons. The second-order valence-corrected chi connectivity index (χ2v) is 5.73. The van der Waals surface area contributed by atoms with Crippen LogP contribution in [0.15, 0.2) is 22.9 Å². The molecule has 0 bridgehead atoms. The molecule has 1 aliphatic rings. The largest absolute Gasteiger partial charge is 0.469 e. The fourth-order valence-corrected chi connectivity index (χ4v) is 2.65. The van der Waals surface area contributed by atoms with E-state index in [-0.39, 0.29) is 23.8 Å². The molecule has 0 aromatic carbocycles. The lowest BCUT2D eigenvalue weighted by Gasteiger charge is -2.27. The molecule has 1 aliphatic carbocycles. The molecule has 1 amide bonds. The molecule has 0 spiro atoms. The SMILES string of the molecule is COC(=O)C1CCC(NC(=O)c2ccc(Br)nc2)CC1. The van der Waals surface area contributed by atoms with Crippen LogP contribution >= 0.6 is 15.9 Å². The molecule has 0 aliphatic heterocycles. The topological polar surface area (TPSA) is 68.3 Å². The van der Waals surface area contributed by atoms with Gasteiger partial charge < -0.3 is 10.1 Å². The predicted molar refractivity (Wildman–Crippen MR) is 77.2 cm³/mol. The molecular weight excluding hydrogens is 324 g/mol. The number of hydrogen-bond acceptors (Lipinski definition) is 4. The van der Waals surface area contributed by atoms with E-state index in [0.717, 1.165) is 25.7 Å². The van der Waals surface area contributed by atoms with Crippen molar-refractivity contribution in [1.82, 2.24) is 10.3 Å². The smallest absolute Gasteiger partial charge is 0.308 e. The van der Waals surface area contributed by atoms with Crippen LogP contribution in [0.25, 0.3) is 0 Å². The Hall–Kier alpha value is -1.43. The molecule has 6 heteroatoms. The van der Waals surface area contributed by atoms with Gasteiger partial charge in [-0.05, 0) is 53.7 Å². The fourth-order valence-electron chi connectivity index (χ4n) is 2.42. The number of halogens is 1. The minimum absolute atomic E-state index is 0.0255. The quantitative estimate of drug-likeness (QED) is 0.677. The summed E-state index contributed by atoms with van der Waals surface area (Å²) in [4.78, 5) is 27.5. The first-order chi connectivity index (χ1) is 9.60. The molecule has 108 valence electrons. The molecule has 0 saturated heterocycles. The number of nitrogens with zero attached hydrogens (tertiary/aromatic N) is 1. The Labute approximate surface area is 126 Å². The summed E-state index contributed by atoms with van der Waals surface area (Å²) >= 11 is 3.23. The van der Waals surface area contributed by atoms with Crippen LogP contribution in [0.2, 0.25) is 0 Å². The van der Waals surface area contributed by atoms with Crippen molar-refractivity contribution in [2.45, 2.75) is 31.7 Å². The number of pyridine rings is 1. The van der Waals surface area contributed by atoms with Gasteiger partial charge in [0, 0.05) is 12.2 Å². The number of amides is 1. The number of methoxy groups -OCH3 is 1. The van der Waals surface area contributed by atoms with Gasteiger partial charge in [0.15, 0.2) is 0 Å². The van der Waals surface area contributed by atoms with Gasteiger partial charge in [-0.25, -0.2) is 4.98 Å². The zero-order valence-electron chi connectivity index (χ0n) is 11.3. The summed E-state index contributed by atoms with van der Waals surface area (Å²) < 4.78 is 5.45. The second-order valence-electron chi connectivity index (χ2n) is 4.91. The number of carbonyl (C=O) groups excluding carboxylic acids is 2. The minimum atomic E-state index is -0.146. The van der Waals surface area contributed by atoms with Crippen molar-refractivity contribution in [2.24, 2.45) is 5.92 Å². The number of aromatic nitrogens is 1. The molecule has 1 fully saturated rings. The van der Waals surface area contributed by atoms with Gasteiger partial charge in [0.2, 0.25) is 0 Å². The van der Waals surface area contributed by atoms with Crippen LogP contribution in [0.1, 0.15) is 36.0 Å². The first-order valence-electron chi connectivity index (χ1n) is 6.60. The Balaban J connectivity index is 1.85. The Morgan fingerprint density at radius 1 is 1.30 bits per heavy atom. The highest BCUT2D eigenvalue weighted by Crippen LogP contribution is 2.25. The molecule has 1 N–H and O–H groups in total. The van der Waals surface area contributed by atoms with Crippen LogP contribution in [0, 0.1) is 5.92 Å². The minimum Gasteiger partial charge on any atom is -0.469 e. The van der Waals surface area contributed by atoms with Crippen molar-refractivity contribution in [3.63, 3.8) is 0 Å². The third-order valence-electron chi connectivity index (χ3n) is 3.59. The van der Waals surface area contributed by atoms with E-state index < -0.39 is 0 Å². The number of esters is 1. The van der Waals surface area contributed by atoms with Crippen molar-refractivity contribution < 1.29 is 14.3 Å². The average Bonchev–Trinajstić information content (AvgIpc) is 2.48. The molecule has 1 aromatic rings. The molecule has 0 unspecified atom stereocenters. The second kappa shape index (κ2) is 6.83. The number of carbonyl (C=O) groups is 2. The van der Waals surface area contributed by atoms with E-state index in [0.29, 0.717) is 10.2 Å². The van der Waals surface area contributed by atoms with Crippen LogP contribution in [-0.4, -0.2) is 30.0 Å². The number of ether oxygens (including phenoxy) is 1. The maximum Gasteiger partial charge on any atom is 0.308 e. The van der Waals surface area contributed by atoms with E-state index in [9.17, 15) is 9.59 Å². The van der Waals surface area contributed by atoms with E-state index in [1.165, 1.54) is 7.11 Å². The molecule has 5 nitrogen and oxygen atoms in total. The monoisotopic (exact) mass is 340 g/mol. The highest BCUT2D eigenvalue weighted by Gasteiger charge is 2.27. The highest BCUT2D eigenvalue weighted by molar-refractivity contribution is 9.10. The van der Waals surface area contributed by atoms with Gasteiger partial charge in [-0.15, -0.1) is 0 Å². The van der Waals surface area contributed by atoms with Gasteiger partial charge in [-0.3, -0.25) is 9.59 Å². The van der Waals surface area contributed by atoms with Crippen molar-refractivity contribution in [3.05, 3.63) is 28.5 Å². The van der Waals surface area contributed by atoms with Gasteiger partial charge in [-0.1, -0.05) is 0 Å². The lowest BCUT2D eigenvalue weighted by molar-refractivity contribution is -0.146. The van der Waals surface area contributed by atoms with E-state index >= 15 is 0 Å². The molecular formula is C14H17BrN2O3. The number of nitrogens with one attached hydrogen (secondary N) is 1. The number of hydrogen-bond donors (Lipinski definition) is 1. The molecule has 0 atom stereocenters. The maximum absolute atomic E-state index is 12.0. The summed E-state index contributed by atoms with van der Waals surface area (Å²) in [6.07, 6.45) is 4.66. The van der Waals surface area contributed by atoms with Crippen LogP contribution in [0.3, 0.4) is 0 Å². The van der Waals surface area contributed by atoms with E-state index in [2.05, 4.69) is 26.2 Å². The van der Waals surface area contributed by atoms with E-state index in [1.54, 1.807) is 18.3 Å². The highest BCUT2D eigenvalue weighted by atomic mass is 79.9. The Morgan fingerprint density at radius 3 is 2.55 bits per heavy atom. The molecule has 1 aromatic heterocycles. The van der Waals surface area contributed by atoms with E-state index in [4.69, 9.17) is 4.74 Å². The third-order valence-corrected chi connectivity index (χ3v) is 4.06. The van der Waals surface area contributed by atoms with Gasteiger partial charge in [-0.2, -0.15) is 0 Å². The van der Waals surface area contributed by atoms with Gasteiger partial charge in [0.1, 0.15) is 4.60 Å². The first kappa shape index (κ1) is 15.0. The molecule has 2 rings (SSSR count). The van der Waals surface area contributed by atoms with Crippen molar-refractivity contribution in [3.8, 4) is 0 Å². The Kier molecular flexibility index (Phi) is 5.11. The molecule has 20 heavy (non-hydrogen) atoms. The van der Waals surface area contributed by atoms with Crippen molar-refractivity contribution in [2.75, 3.05) is 7.11 Å². The maximum atomic E-state index is 12.0. The normalized spacial score (nSPS) is 22.1. The zero-order valence-corrected chi connectivity index (χ0v) is 12.9. The van der Waals surface area contributed by atoms with Gasteiger partial charge >= 0.3 is 5.97 Å². The van der Waals surface area contributed by atoms with E-state index in [1.807, 2.05) is 0 Å². The predicted octanol–water partition coefficient (Wildman–Crippen LogP) is 2.31. The first-order valence-corrected chi connectivity index (χ1v) is 7.39. The van der Waals surface area contributed by atoms with Gasteiger partial charge in [0.05, 0.1) is 18.6 Å². The van der Waals surface area contributed by atoms with Crippen molar-refractivity contribution >= 4 is 27.8 Å². The standard InChI is InChI=1S/C14H17BrN2O3/c1-20-14(19)9-2-5-11(6-3-9)17-13(18)10-4-7-12(15)16-8-10/h4,7-9,11H,2-3,5-6H2,1H3,(H,17,18). The third kappa shape index (κ3) is 3.79. The van der Waals surface area contributed by atoms with Crippen LogP contribution < -0.4 is 5.32 Å². The lowest BCUT2D eigenvalue weighted by atomic mass is 9.86. The summed E-state index contributed by atoms with van der Waals surface area (Å²) in [6, 6.07) is 3.59. The molecule has 1 heterocycles. The van der Waals surface area contributed by atoms with Crippen LogP contribution in [0.5, 0.6) is 0 Å². The van der Waals surface area contributed by atoms with Gasteiger partial charge in [0.25, 0.3) is 5.91 Å². The summed E-state index contributed by atoms with van der Waals surface area (Å²) in [6.45, 7) is 0. The number of rotatable bonds is 3. The van der Waals surface area contributed by atoms with Crippen molar-refractivity contribution in [1.29, 1.82) is 0 Å². The summed E-state index contributed by atoms with van der Waals surface area (Å²) in [5.74, 6) is -0.291. The fraction of sp³-hybridized carbons (Fsp3) is 0.500. The average molecular weight is 341 g/mol. The summed E-state index contributed by atoms with van der Waals surface area (Å²) in [5.41, 5.74) is 0.545. The van der Waals surface area contributed by atoms with Crippen LogP contribution in [0.4, 0.5) is 0 Å².